The Morgan fingerprint density at radius 3 is 2.57 bits per heavy atom. The summed E-state index contributed by atoms with van der Waals surface area (Å²) in [6.07, 6.45) is 6.32. The van der Waals surface area contributed by atoms with Gasteiger partial charge in [0.15, 0.2) is 5.96 Å². The highest BCUT2D eigenvalue weighted by molar-refractivity contribution is 5.79. The average Bonchev–Trinajstić information content (AvgIpc) is 2.48. The van der Waals surface area contributed by atoms with Crippen LogP contribution in [0.5, 0.6) is 0 Å². The van der Waals surface area contributed by atoms with Gasteiger partial charge in [0.1, 0.15) is 0 Å². The minimum atomic E-state index is 0.484. The smallest absolute Gasteiger partial charge is 0.191 e. The number of unbranched alkanes of at least 4 members (excludes halogenated alkanes) is 1. The molecule has 4 heteroatoms. The van der Waals surface area contributed by atoms with Gasteiger partial charge < -0.3 is 15.5 Å². The van der Waals surface area contributed by atoms with Crippen molar-refractivity contribution in [2.24, 2.45) is 10.9 Å². The van der Waals surface area contributed by atoms with E-state index >= 15 is 0 Å². The molecule has 0 aliphatic carbocycles. The van der Waals surface area contributed by atoms with Gasteiger partial charge in [0.05, 0.1) is 0 Å². The molecular formula is C17H36N4. The van der Waals surface area contributed by atoms with E-state index in [0.717, 1.165) is 31.4 Å². The van der Waals surface area contributed by atoms with Crippen molar-refractivity contribution in [1.82, 2.24) is 15.5 Å². The fraction of sp³-hybridized carbons (Fsp3) is 0.941. The van der Waals surface area contributed by atoms with Gasteiger partial charge in [-0.2, -0.15) is 0 Å². The predicted octanol–water partition coefficient (Wildman–Crippen LogP) is 2.85. The van der Waals surface area contributed by atoms with Crippen LogP contribution >= 0.6 is 0 Å². The lowest BCUT2D eigenvalue weighted by molar-refractivity contribution is 0.190. The first-order valence-electron chi connectivity index (χ1n) is 8.92. The van der Waals surface area contributed by atoms with Crippen molar-refractivity contribution in [2.45, 2.75) is 65.8 Å². The number of aliphatic imine (C=N–C) groups is 1. The van der Waals surface area contributed by atoms with Gasteiger partial charge in [0.25, 0.3) is 0 Å². The molecule has 4 nitrogen and oxygen atoms in total. The third-order valence-electron chi connectivity index (χ3n) is 4.37. The van der Waals surface area contributed by atoms with Crippen molar-refractivity contribution in [2.75, 3.05) is 32.7 Å². The van der Waals surface area contributed by atoms with Crippen LogP contribution in [0.15, 0.2) is 4.99 Å². The zero-order valence-electron chi connectivity index (χ0n) is 14.6. The maximum absolute atomic E-state index is 4.67. The number of nitrogens with zero attached hydrogens (tertiary/aromatic N) is 2. The Labute approximate surface area is 131 Å². The van der Waals surface area contributed by atoms with Crippen molar-refractivity contribution < 1.29 is 0 Å². The summed E-state index contributed by atoms with van der Waals surface area (Å²) in [6.45, 7) is 14.6. The highest BCUT2D eigenvalue weighted by Crippen LogP contribution is 2.16. The Hall–Kier alpha value is -0.770. The van der Waals surface area contributed by atoms with Gasteiger partial charge in [-0.15, -0.1) is 0 Å². The summed E-state index contributed by atoms with van der Waals surface area (Å²) in [5.74, 6) is 1.90. The number of nitrogens with one attached hydrogen (secondary N) is 2. The van der Waals surface area contributed by atoms with Gasteiger partial charge >= 0.3 is 0 Å². The molecule has 124 valence electrons. The van der Waals surface area contributed by atoms with Gasteiger partial charge in [-0.3, -0.25) is 4.99 Å². The van der Waals surface area contributed by atoms with Gasteiger partial charge in [-0.05, 0) is 71.5 Å². The lowest BCUT2D eigenvalue weighted by Crippen LogP contribution is -2.42. The second kappa shape index (κ2) is 10.9. The first-order valence-corrected chi connectivity index (χ1v) is 8.92. The third-order valence-corrected chi connectivity index (χ3v) is 4.37. The number of guanidine groups is 1. The minimum Gasteiger partial charge on any atom is -0.357 e. The second-order valence-corrected chi connectivity index (χ2v) is 6.45. The van der Waals surface area contributed by atoms with E-state index < -0.39 is 0 Å². The molecule has 1 atom stereocenters. The van der Waals surface area contributed by atoms with Gasteiger partial charge in [0.2, 0.25) is 0 Å². The summed E-state index contributed by atoms with van der Waals surface area (Å²) in [5.41, 5.74) is 0. The number of hydrogen-bond donors (Lipinski definition) is 2. The molecule has 2 N–H and O–H groups in total. The van der Waals surface area contributed by atoms with Crippen LogP contribution in [0.2, 0.25) is 0 Å². The Morgan fingerprint density at radius 1 is 1.24 bits per heavy atom. The molecule has 0 amide bonds. The number of hydrogen-bond acceptors (Lipinski definition) is 2. The molecule has 1 heterocycles. The molecule has 0 saturated carbocycles. The van der Waals surface area contributed by atoms with E-state index in [1.54, 1.807) is 0 Å². The molecule has 0 aromatic carbocycles. The van der Waals surface area contributed by atoms with E-state index in [0.29, 0.717) is 6.04 Å². The predicted molar refractivity (Wildman–Crippen MR) is 92.9 cm³/mol. The van der Waals surface area contributed by atoms with Crippen molar-refractivity contribution in [3.8, 4) is 0 Å². The molecule has 0 radical (unpaired) electrons. The minimum absolute atomic E-state index is 0.484. The van der Waals surface area contributed by atoms with E-state index in [2.05, 4.69) is 48.2 Å². The monoisotopic (exact) mass is 296 g/mol. The van der Waals surface area contributed by atoms with E-state index in [1.165, 1.54) is 45.3 Å². The van der Waals surface area contributed by atoms with E-state index in [9.17, 15) is 0 Å². The maximum Gasteiger partial charge on any atom is 0.191 e. The van der Waals surface area contributed by atoms with Crippen LogP contribution < -0.4 is 10.6 Å². The molecule has 0 aromatic rings. The van der Waals surface area contributed by atoms with E-state index in [4.69, 9.17) is 0 Å². The topological polar surface area (TPSA) is 39.7 Å². The molecule has 0 aromatic heterocycles. The van der Waals surface area contributed by atoms with E-state index in [1.807, 2.05) is 0 Å². The van der Waals surface area contributed by atoms with Crippen LogP contribution in [0.1, 0.15) is 59.8 Å². The molecular weight excluding hydrogens is 260 g/mol. The molecule has 0 bridgehead atoms. The summed E-state index contributed by atoms with van der Waals surface area (Å²) in [6, 6.07) is 0.484. The third kappa shape index (κ3) is 8.30. The second-order valence-electron chi connectivity index (χ2n) is 6.45. The zero-order valence-corrected chi connectivity index (χ0v) is 14.6. The summed E-state index contributed by atoms with van der Waals surface area (Å²) < 4.78 is 0. The lowest BCUT2D eigenvalue weighted by atomic mass is 9.99. The average molecular weight is 297 g/mol. The summed E-state index contributed by atoms with van der Waals surface area (Å²) in [7, 11) is 0. The number of piperidine rings is 1. The van der Waals surface area contributed by atoms with Crippen molar-refractivity contribution >= 4 is 5.96 Å². The largest absolute Gasteiger partial charge is 0.357 e. The quantitative estimate of drug-likeness (QED) is 0.411. The Kier molecular flexibility index (Phi) is 9.48. The molecule has 1 aliphatic heterocycles. The normalized spacial score (nSPS) is 19.5. The van der Waals surface area contributed by atoms with Crippen molar-refractivity contribution in [3.05, 3.63) is 0 Å². The molecule has 1 fully saturated rings. The highest BCUT2D eigenvalue weighted by Gasteiger charge is 2.14. The summed E-state index contributed by atoms with van der Waals surface area (Å²) in [5, 5.41) is 6.76. The Bertz CT molecular complexity index is 283. The summed E-state index contributed by atoms with van der Waals surface area (Å²) in [4.78, 5) is 7.29. The number of likely N-dealkylation sites (tertiary alicyclic amines) is 1. The SMILES string of the molecule is CCNC(=NCCCCN1CCC(C)CC1)NC(C)CC. The molecule has 1 unspecified atom stereocenters. The van der Waals surface area contributed by atoms with Crippen LogP contribution in [0.4, 0.5) is 0 Å². The summed E-state index contributed by atoms with van der Waals surface area (Å²) >= 11 is 0. The van der Waals surface area contributed by atoms with Crippen LogP contribution in [-0.4, -0.2) is 49.6 Å². The molecule has 0 spiro atoms. The van der Waals surface area contributed by atoms with Gasteiger partial charge in [-0.25, -0.2) is 0 Å². The lowest BCUT2D eigenvalue weighted by Gasteiger charge is -2.30. The fourth-order valence-electron chi connectivity index (χ4n) is 2.58. The molecule has 1 rings (SSSR count). The fourth-order valence-corrected chi connectivity index (χ4v) is 2.58. The molecule has 21 heavy (non-hydrogen) atoms. The Balaban J connectivity index is 2.15. The van der Waals surface area contributed by atoms with Gasteiger partial charge in [-0.1, -0.05) is 13.8 Å². The van der Waals surface area contributed by atoms with Crippen LogP contribution in [-0.2, 0) is 0 Å². The number of rotatable bonds is 8. The first-order chi connectivity index (χ1) is 10.2. The van der Waals surface area contributed by atoms with Crippen LogP contribution in [0, 0.1) is 5.92 Å². The van der Waals surface area contributed by atoms with Gasteiger partial charge in [0, 0.05) is 19.1 Å². The Morgan fingerprint density at radius 2 is 1.95 bits per heavy atom. The van der Waals surface area contributed by atoms with Crippen molar-refractivity contribution in [3.63, 3.8) is 0 Å². The van der Waals surface area contributed by atoms with Crippen LogP contribution in [0.3, 0.4) is 0 Å². The zero-order chi connectivity index (χ0) is 15.5. The highest BCUT2D eigenvalue weighted by atomic mass is 15.2. The van der Waals surface area contributed by atoms with Crippen molar-refractivity contribution in [1.29, 1.82) is 0 Å². The maximum atomic E-state index is 4.67. The molecule has 1 aliphatic rings. The van der Waals surface area contributed by atoms with Crippen LogP contribution in [0.25, 0.3) is 0 Å². The standard InChI is InChI=1S/C17H36N4/c1-5-16(4)20-17(18-6-2)19-11-7-8-12-21-13-9-15(3)10-14-21/h15-16H,5-14H2,1-4H3,(H2,18,19,20). The first kappa shape index (κ1) is 18.3. The van der Waals surface area contributed by atoms with E-state index in [-0.39, 0.29) is 0 Å². The molecule has 1 saturated heterocycles.